The summed E-state index contributed by atoms with van der Waals surface area (Å²) in [6.45, 7) is 3.44. The quantitative estimate of drug-likeness (QED) is 0.411. The van der Waals surface area contributed by atoms with Crippen molar-refractivity contribution >= 4 is 23.2 Å². The van der Waals surface area contributed by atoms with Crippen LogP contribution in [0.4, 0.5) is 0 Å². The standard InChI is InChI=1S/C22H24N4O2S/c1-4-19-17(16-9-5-7-11-20(16)28-19)13-24(2)15-26-22(29)25(14-23-26)18-10-6-8-12-21(18)27-3/h5-12,14H,4,13,15H2,1-3H3. The van der Waals surface area contributed by atoms with Crippen LogP contribution in [-0.2, 0) is 19.6 Å². The molecule has 0 aliphatic carbocycles. The Bertz CT molecular complexity index is 1190. The lowest BCUT2D eigenvalue weighted by atomic mass is 10.1. The summed E-state index contributed by atoms with van der Waals surface area (Å²) in [5.74, 6) is 1.79. The SMILES string of the molecule is CCc1oc2ccccc2c1CN(C)Cn1ncn(-c2ccccc2OC)c1=S. The number of aryl methyl sites for hydroxylation is 1. The molecule has 0 N–H and O–H groups in total. The Labute approximate surface area is 174 Å². The fourth-order valence-corrected chi connectivity index (χ4v) is 3.84. The molecule has 0 radical (unpaired) electrons. The molecule has 0 unspecified atom stereocenters. The highest BCUT2D eigenvalue weighted by Crippen LogP contribution is 2.27. The number of para-hydroxylation sites is 3. The normalized spacial score (nSPS) is 11.4. The average Bonchev–Trinajstić information content (AvgIpc) is 3.28. The van der Waals surface area contributed by atoms with E-state index in [1.54, 1.807) is 13.4 Å². The molecule has 2 heterocycles. The number of hydrogen-bond acceptors (Lipinski definition) is 5. The van der Waals surface area contributed by atoms with Crippen molar-refractivity contribution in [3.63, 3.8) is 0 Å². The number of rotatable bonds is 7. The lowest BCUT2D eigenvalue weighted by molar-refractivity contribution is 0.243. The zero-order valence-corrected chi connectivity index (χ0v) is 17.6. The molecule has 0 spiro atoms. The maximum atomic E-state index is 6.02. The first-order chi connectivity index (χ1) is 14.1. The molecule has 4 rings (SSSR count). The van der Waals surface area contributed by atoms with Gasteiger partial charge in [-0.05, 0) is 37.5 Å². The first-order valence-corrected chi connectivity index (χ1v) is 9.99. The fraction of sp³-hybridized carbons (Fsp3) is 0.273. The van der Waals surface area contributed by atoms with Crippen molar-refractivity contribution in [3.8, 4) is 11.4 Å². The molecule has 0 aliphatic heterocycles. The van der Waals surface area contributed by atoms with E-state index >= 15 is 0 Å². The van der Waals surface area contributed by atoms with Gasteiger partial charge in [-0.2, -0.15) is 5.10 Å². The minimum Gasteiger partial charge on any atom is -0.495 e. The summed E-state index contributed by atoms with van der Waals surface area (Å²) in [5.41, 5.74) is 3.04. The fourth-order valence-electron chi connectivity index (χ4n) is 3.59. The maximum absolute atomic E-state index is 6.02. The van der Waals surface area contributed by atoms with E-state index in [0.29, 0.717) is 11.4 Å². The van der Waals surface area contributed by atoms with Crippen LogP contribution in [-0.4, -0.2) is 33.4 Å². The van der Waals surface area contributed by atoms with Crippen LogP contribution >= 0.6 is 12.2 Å². The number of methoxy groups -OCH3 is 1. The zero-order chi connectivity index (χ0) is 20.4. The summed E-state index contributed by atoms with van der Waals surface area (Å²) in [5, 5.41) is 5.66. The molecule has 0 fully saturated rings. The third-order valence-corrected chi connectivity index (χ3v) is 5.39. The number of ether oxygens (including phenoxy) is 1. The first-order valence-electron chi connectivity index (χ1n) is 9.58. The van der Waals surface area contributed by atoms with Crippen molar-refractivity contribution in [1.82, 2.24) is 19.2 Å². The molecule has 150 valence electrons. The van der Waals surface area contributed by atoms with Crippen LogP contribution in [0.1, 0.15) is 18.2 Å². The van der Waals surface area contributed by atoms with Crippen LogP contribution in [0.25, 0.3) is 16.7 Å². The second kappa shape index (κ2) is 8.23. The van der Waals surface area contributed by atoms with E-state index in [-0.39, 0.29) is 0 Å². The van der Waals surface area contributed by atoms with E-state index in [9.17, 15) is 0 Å². The lowest BCUT2D eigenvalue weighted by Crippen LogP contribution is -2.23. The Kier molecular flexibility index (Phi) is 5.51. The molecule has 0 atom stereocenters. The Morgan fingerprint density at radius 2 is 1.90 bits per heavy atom. The highest BCUT2D eigenvalue weighted by molar-refractivity contribution is 7.71. The minimum absolute atomic E-state index is 0.573. The Balaban J connectivity index is 1.58. The lowest BCUT2D eigenvalue weighted by Gasteiger charge is -2.16. The summed E-state index contributed by atoms with van der Waals surface area (Å²) < 4.78 is 15.8. The zero-order valence-electron chi connectivity index (χ0n) is 16.8. The van der Waals surface area contributed by atoms with Gasteiger partial charge in [0.1, 0.15) is 23.4 Å². The molecular formula is C22H24N4O2S. The summed E-state index contributed by atoms with van der Waals surface area (Å²) >= 11 is 5.67. The topological polar surface area (TPSA) is 48.4 Å². The number of benzene rings is 2. The monoisotopic (exact) mass is 408 g/mol. The van der Waals surface area contributed by atoms with E-state index in [1.807, 2.05) is 51.7 Å². The van der Waals surface area contributed by atoms with E-state index in [1.165, 1.54) is 10.9 Å². The molecule has 2 aromatic heterocycles. The molecule has 6 nitrogen and oxygen atoms in total. The van der Waals surface area contributed by atoms with Gasteiger partial charge in [0.25, 0.3) is 0 Å². The molecule has 0 amide bonds. The van der Waals surface area contributed by atoms with Crippen LogP contribution in [0.2, 0.25) is 0 Å². The van der Waals surface area contributed by atoms with Gasteiger partial charge in [0.2, 0.25) is 4.77 Å². The summed E-state index contributed by atoms with van der Waals surface area (Å²) in [4.78, 5) is 2.19. The summed E-state index contributed by atoms with van der Waals surface area (Å²) in [6, 6.07) is 16.0. The van der Waals surface area contributed by atoms with Gasteiger partial charge in [-0.1, -0.05) is 37.3 Å². The molecule has 0 saturated heterocycles. The van der Waals surface area contributed by atoms with Gasteiger partial charge in [-0.3, -0.25) is 9.47 Å². The Morgan fingerprint density at radius 1 is 1.14 bits per heavy atom. The van der Waals surface area contributed by atoms with Crippen LogP contribution < -0.4 is 4.74 Å². The largest absolute Gasteiger partial charge is 0.495 e. The Morgan fingerprint density at radius 3 is 2.69 bits per heavy atom. The van der Waals surface area contributed by atoms with Gasteiger partial charge < -0.3 is 9.15 Å². The first kappa shape index (κ1) is 19.4. The van der Waals surface area contributed by atoms with Crippen molar-refractivity contribution in [1.29, 1.82) is 0 Å². The van der Waals surface area contributed by atoms with Crippen LogP contribution in [0.15, 0.2) is 59.3 Å². The number of furan rings is 1. The number of fused-ring (bicyclic) bond motifs is 1. The smallest absolute Gasteiger partial charge is 0.203 e. The molecule has 4 aromatic rings. The molecule has 0 bridgehead atoms. The molecule has 2 aromatic carbocycles. The molecule has 7 heteroatoms. The van der Waals surface area contributed by atoms with Crippen molar-refractivity contribution in [2.75, 3.05) is 14.2 Å². The van der Waals surface area contributed by atoms with E-state index in [4.69, 9.17) is 21.4 Å². The molecule has 0 saturated carbocycles. The third-order valence-electron chi connectivity index (χ3n) is 4.98. The number of hydrogen-bond donors (Lipinski definition) is 0. The number of nitrogens with zero attached hydrogens (tertiary/aromatic N) is 4. The number of aromatic nitrogens is 3. The van der Waals surface area contributed by atoms with Gasteiger partial charge in [-0.15, -0.1) is 0 Å². The van der Waals surface area contributed by atoms with Crippen molar-refractivity contribution in [2.45, 2.75) is 26.6 Å². The third kappa shape index (κ3) is 3.71. The molecule has 29 heavy (non-hydrogen) atoms. The predicted octanol–water partition coefficient (Wildman–Crippen LogP) is 4.81. The Hall–Kier alpha value is -2.90. The van der Waals surface area contributed by atoms with Gasteiger partial charge in [0.05, 0.1) is 19.5 Å². The second-order valence-electron chi connectivity index (χ2n) is 6.96. The van der Waals surface area contributed by atoms with Crippen molar-refractivity contribution in [3.05, 3.63) is 71.0 Å². The van der Waals surface area contributed by atoms with E-state index < -0.39 is 0 Å². The minimum atomic E-state index is 0.573. The maximum Gasteiger partial charge on any atom is 0.203 e. The van der Waals surface area contributed by atoms with Crippen LogP contribution in [0, 0.1) is 4.77 Å². The summed E-state index contributed by atoms with van der Waals surface area (Å²) in [7, 11) is 3.71. The van der Waals surface area contributed by atoms with Gasteiger partial charge in [0, 0.05) is 23.9 Å². The molecule has 0 aliphatic rings. The van der Waals surface area contributed by atoms with Crippen LogP contribution in [0.3, 0.4) is 0 Å². The van der Waals surface area contributed by atoms with Crippen LogP contribution in [0.5, 0.6) is 5.75 Å². The highest BCUT2D eigenvalue weighted by Gasteiger charge is 2.15. The summed E-state index contributed by atoms with van der Waals surface area (Å²) in [6.07, 6.45) is 2.60. The van der Waals surface area contributed by atoms with Crippen molar-refractivity contribution in [2.24, 2.45) is 0 Å². The van der Waals surface area contributed by atoms with Crippen molar-refractivity contribution < 1.29 is 9.15 Å². The molecular weight excluding hydrogens is 384 g/mol. The van der Waals surface area contributed by atoms with E-state index in [0.717, 1.165) is 35.7 Å². The average molecular weight is 409 g/mol. The second-order valence-corrected chi connectivity index (χ2v) is 7.33. The van der Waals surface area contributed by atoms with Gasteiger partial charge in [0.15, 0.2) is 0 Å². The predicted molar refractivity (Wildman–Crippen MR) is 116 cm³/mol. The van der Waals surface area contributed by atoms with E-state index in [2.05, 4.69) is 30.0 Å². The van der Waals surface area contributed by atoms with Gasteiger partial charge >= 0.3 is 0 Å². The highest BCUT2D eigenvalue weighted by atomic mass is 32.1. The van der Waals surface area contributed by atoms with Gasteiger partial charge in [-0.25, -0.2) is 4.68 Å².